The van der Waals surface area contributed by atoms with Gasteiger partial charge in [-0.25, -0.2) is 0 Å². The highest BCUT2D eigenvalue weighted by Crippen LogP contribution is 2.24. The van der Waals surface area contributed by atoms with Crippen LogP contribution in [0.3, 0.4) is 0 Å². The molecule has 3 heterocycles. The summed E-state index contributed by atoms with van der Waals surface area (Å²) in [6.07, 6.45) is 1.63. The summed E-state index contributed by atoms with van der Waals surface area (Å²) in [5.41, 5.74) is 0.898. The van der Waals surface area contributed by atoms with Crippen molar-refractivity contribution in [1.29, 1.82) is 0 Å². The van der Waals surface area contributed by atoms with Crippen LogP contribution in [-0.2, 0) is 17.9 Å². The van der Waals surface area contributed by atoms with E-state index in [2.05, 4.69) is 10.00 Å². The number of likely N-dealkylation sites (N-methyl/N-ethyl adjacent to an activating group) is 1. The summed E-state index contributed by atoms with van der Waals surface area (Å²) >= 11 is 6.07. The minimum Gasteiger partial charge on any atom is -0.391 e. The number of fused-ring (bicyclic) bond motifs is 1. The fourth-order valence-electron chi connectivity index (χ4n) is 3.04. The molecule has 0 radical (unpaired) electrons. The molecule has 3 rings (SSSR count). The average molecular weight is 299 g/mol. The molecule has 1 N–H and O–H groups in total. The number of amides is 1. The molecule has 0 aromatic carbocycles. The average Bonchev–Trinajstić information content (AvgIpc) is 2.93. The normalized spacial score (nSPS) is 26.9. The Morgan fingerprint density at radius 3 is 3.00 bits per heavy atom. The molecular formula is C13H19ClN4O2. The van der Waals surface area contributed by atoms with Crippen LogP contribution in [0.5, 0.6) is 0 Å². The van der Waals surface area contributed by atoms with Gasteiger partial charge in [0.15, 0.2) is 0 Å². The lowest BCUT2D eigenvalue weighted by Gasteiger charge is -2.29. The van der Waals surface area contributed by atoms with Crippen LogP contribution in [0.15, 0.2) is 6.20 Å². The number of carbonyl (C=O) groups excluding carboxylic acids is 1. The van der Waals surface area contributed by atoms with Crippen LogP contribution in [0.4, 0.5) is 0 Å². The van der Waals surface area contributed by atoms with Gasteiger partial charge in [0.1, 0.15) is 0 Å². The summed E-state index contributed by atoms with van der Waals surface area (Å²) in [5, 5.41) is 14.7. The van der Waals surface area contributed by atoms with Crippen molar-refractivity contribution in [2.45, 2.75) is 25.6 Å². The summed E-state index contributed by atoms with van der Waals surface area (Å²) in [4.78, 5) is 16.2. The van der Waals surface area contributed by atoms with Crippen LogP contribution in [0.1, 0.15) is 12.1 Å². The highest BCUT2D eigenvalue weighted by atomic mass is 35.5. The van der Waals surface area contributed by atoms with E-state index >= 15 is 0 Å². The molecule has 6 nitrogen and oxygen atoms in total. The number of hydrogen-bond donors (Lipinski definition) is 1. The van der Waals surface area contributed by atoms with E-state index < -0.39 is 6.10 Å². The van der Waals surface area contributed by atoms with Gasteiger partial charge in [-0.2, -0.15) is 5.10 Å². The van der Waals surface area contributed by atoms with E-state index in [1.165, 1.54) is 0 Å². The molecule has 1 saturated heterocycles. The number of nitrogens with zero attached hydrogens (tertiary/aromatic N) is 4. The molecule has 0 aliphatic carbocycles. The monoisotopic (exact) mass is 298 g/mol. The molecule has 1 amide bonds. The first-order valence-corrected chi connectivity index (χ1v) is 7.27. The molecule has 7 heteroatoms. The number of aromatic nitrogens is 2. The third-order valence-corrected chi connectivity index (χ3v) is 4.51. The number of aliphatic hydroxyl groups is 1. The van der Waals surface area contributed by atoms with Gasteiger partial charge in [-0.05, 0) is 7.05 Å². The van der Waals surface area contributed by atoms with Crippen LogP contribution >= 0.6 is 11.6 Å². The summed E-state index contributed by atoms with van der Waals surface area (Å²) < 4.78 is 1.85. The van der Waals surface area contributed by atoms with Gasteiger partial charge >= 0.3 is 0 Å². The number of halogens is 1. The Balaban J connectivity index is 1.63. The Labute approximate surface area is 122 Å². The number of aliphatic hydroxyl groups excluding tert-OH is 1. The van der Waals surface area contributed by atoms with E-state index in [1.54, 1.807) is 6.20 Å². The Morgan fingerprint density at radius 2 is 2.30 bits per heavy atom. The number of likely N-dealkylation sites (tertiary alicyclic amines) is 1. The second kappa shape index (κ2) is 5.35. The zero-order chi connectivity index (χ0) is 14.3. The van der Waals surface area contributed by atoms with Crippen LogP contribution < -0.4 is 0 Å². The van der Waals surface area contributed by atoms with Gasteiger partial charge < -0.3 is 14.9 Å². The van der Waals surface area contributed by atoms with Crippen molar-refractivity contribution in [1.82, 2.24) is 19.6 Å². The predicted molar refractivity (Wildman–Crippen MR) is 74.3 cm³/mol. The molecule has 0 unspecified atom stereocenters. The third kappa shape index (κ3) is 2.55. The van der Waals surface area contributed by atoms with Crippen molar-refractivity contribution in [2.75, 3.05) is 26.7 Å². The van der Waals surface area contributed by atoms with Gasteiger partial charge in [0.25, 0.3) is 0 Å². The first-order valence-electron chi connectivity index (χ1n) is 6.89. The number of carbonyl (C=O) groups is 1. The van der Waals surface area contributed by atoms with Gasteiger partial charge in [0.2, 0.25) is 5.91 Å². The molecule has 2 aliphatic heterocycles. The molecule has 0 spiro atoms. The molecular weight excluding hydrogens is 280 g/mol. The largest absolute Gasteiger partial charge is 0.391 e. The van der Waals surface area contributed by atoms with E-state index in [0.29, 0.717) is 37.6 Å². The summed E-state index contributed by atoms with van der Waals surface area (Å²) in [6, 6.07) is 0. The second-order valence-electron chi connectivity index (χ2n) is 5.73. The Hall–Kier alpha value is -1.11. The highest BCUT2D eigenvalue weighted by Gasteiger charge is 2.33. The second-order valence-corrected chi connectivity index (χ2v) is 6.14. The zero-order valence-electron chi connectivity index (χ0n) is 11.5. The maximum atomic E-state index is 12.4. The van der Waals surface area contributed by atoms with Crippen molar-refractivity contribution in [3.63, 3.8) is 0 Å². The molecule has 110 valence electrons. The smallest absolute Gasteiger partial charge is 0.223 e. The fourth-order valence-corrected chi connectivity index (χ4v) is 3.25. The van der Waals surface area contributed by atoms with E-state index in [0.717, 1.165) is 12.2 Å². The molecule has 1 aromatic rings. The zero-order valence-corrected chi connectivity index (χ0v) is 12.3. The third-order valence-electron chi connectivity index (χ3n) is 4.20. The lowest BCUT2D eigenvalue weighted by Crippen LogP contribution is -2.40. The maximum absolute atomic E-state index is 12.4. The molecule has 2 atom stereocenters. The summed E-state index contributed by atoms with van der Waals surface area (Å²) in [6.45, 7) is 3.27. The predicted octanol–water partition coefficient (Wildman–Crippen LogP) is 0.191. The van der Waals surface area contributed by atoms with Crippen LogP contribution in [0.25, 0.3) is 0 Å². The summed E-state index contributed by atoms with van der Waals surface area (Å²) in [7, 11) is 1.97. The van der Waals surface area contributed by atoms with Crippen molar-refractivity contribution in [3.8, 4) is 0 Å². The molecule has 20 heavy (non-hydrogen) atoms. The Bertz CT molecular complexity index is 518. The van der Waals surface area contributed by atoms with Crippen molar-refractivity contribution >= 4 is 17.5 Å². The standard InChI is InChI=1S/C13H19ClN4O2/c1-16-6-9(12(19)8-16)4-13(20)17-2-3-18-11(7-17)10(14)5-15-18/h5,9,12,19H,2-4,6-8H2,1H3/t9-,12-/m1/s1. The SMILES string of the molecule is CN1C[C@@H](CC(=O)N2CCn3ncc(Cl)c3C2)[C@H](O)C1. The molecule has 2 aliphatic rings. The van der Waals surface area contributed by atoms with E-state index in [9.17, 15) is 9.90 Å². The van der Waals surface area contributed by atoms with Gasteiger partial charge in [0.05, 0.1) is 36.1 Å². The van der Waals surface area contributed by atoms with Crippen molar-refractivity contribution < 1.29 is 9.90 Å². The summed E-state index contributed by atoms with van der Waals surface area (Å²) in [5.74, 6) is 0.127. The van der Waals surface area contributed by atoms with Crippen LogP contribution in [-0.4, -0.2) is 63.4 Å². The van der Waals surface area contributed by atoms with Gasteiger partial charge in [-0.1, -0.05) is 11.6 Å². The quantitative estimate of drug-likeness (QED) is 0.847. The van der Waals surface area contributed by atoms with Gasteiger partial charge in [0, 0.05) is 32.0 Å². The first-order chi connectivity index (χ1) is 9.54. The van der Waals surface area contributed by atoms with Gasteiger partial charge in [-0.15, -0.1) is 0 Å². The Morgan fingerprint density at radius 1 is 1.50 bits per heavy atom. The van der Waals surface area contributed by atoms with Crippen molar-refractivity contribution in [3.05, 3.63) is 16.9 Å². The lowest BCUT2D eigenvalue weighted by atomic mass is 10.0. The molecule has 0 bridgehead atoms. The lowest BCUT2D eigenvalue weighted by molar-refractivity contribution is -0.134. The minimum atomic E-state index is -0.400. The van der Waals surface area contributed by atoms with Crippen LogP contribution in [0.2, 0.25) is 5.02 Å². The van der Waals surface area contributed by atoms with Crippen molar-refractivity contribution in [2.24, 2.45) is 5.92 Å². The highest BCUT2D eigenvalue weighted by molar-refractivity contribution is 6.31. The van der Waals surface area contributed by atoms with E-state index in [-0.39, 0.29) is 11.8 Å². The van der Waals surface area contributed by atoms with Crippen LogP contribution in [0, 0.1) is 5.92 Å². The molecule has 1 aromatic heterocycles. The fraction of sp³-hybridized carbons (Fsp3) is 0.692. The van der Waals surface area contributed by atoms with E-state index in [4.69, 9.17) is 11.6 Å². The number of hydrogen-bond acceptors (Lipinski definition) is 4. The Kier molecular flexibility index (Phi) is 3.70. The maximum Gasteiger partial charge on any atom is 0.223 e. The number of β-amino-alcohol motifs (C(OH)–C–C–N with tert-alkyl or cyclic N) is 1. The number of rotatable bonds is 2. The molecule has 1 fully saturated rings. The minimum absolute atomic E-state index is 0.0369. The molecule has 0 saturated carbocycles. The first kappa shape index (κ1) is 13.9. The van der Waals surface area contributed by atoms with Gasteiger partial charge in [-0.3, -0.25) is 9.48 Å². The van der Waals surface area contributed by atoms with E-state index in [1.807, 2.05) is 16.6 Å². The topological polar surface area (TPSA) is 61.6 Å².